The summed E-state index contributed by atoms with van der Waals surface area (Å²) < 4.78 is 45.9. The number of imidazole rings is 1. The molecular weight excluding hydrogens is 403 g/mol. The molecule has 3 heterocycles. The van der Waals surface area contributed by atoms with Gasteiger partial charge in [0, 0.05) is 20.2 Å². The maximum Gasteiger partial charge on any atom is 0.435 e. The second-order valence-electron chi connectivity index (χ2n) is 5.80. The highest BCUT2D eigenvalue weighted by molar-refractivity contribution is 6.29. The van der Waals surface area contributed by atoms with Crippen molar-refractivity contribution in [1.82, 2.24) is 24.4 Å². The smallest absolute Gasteiger partial charge is 0.377 e. The average Bonchev–Trinajstić information content (AvgIpc) is 3.16. The van der Waals surface area contributed by atoms with Crippen LogP contribution in [0.2, 0.25) is 5.15 Å². The Hall–Kier alpha value is -2.86. The summed E-state index contributed by atoms with van der Waals surface area (Å²) in [6, 6.07) is -0.0567. The summed E-state index contributed by atoms with van der Waals surface area (Å²) in [6.07, 6.45) is -2.25. The molecule has 1 atom stereocenters. The number of methoxy groups -OCH3 is 1. The lowest BCUT2D eigenvalue weighted by Crippen LogP contribution is -2.22. The van der Waals surface area contributed by atoms with Crippen molar-refractivity contribution in [3.05, 3.63) is 34.9 Å². The van der Waals surface area contributed by atoms with E-state index >= 15 is 0 Å². The molecule has 0 aliphatic rings. The molecule has 0 saturated carbocycles. The maximum absolute atomic E-state index is 12.8. The van der Waals surface area contributed by atoms with E-state index < -0.39 is 24.0 Å². The summed E-state index contributed by atoms with van der Waals surface area (Å²) in [5.74, 6) is -0.135. The maximum atomic E-state index is 12.8. The minimum atomic E-state index is -4.62. The van der Waals surface area contributed by atoms with Gasteiger partial charge in [-0.15, -0.1) is 0 Å². The third-order valence-electron chi connectivity index (χ3n) is 3.92. The van der Waals surface area contributed by atoms with E-state index in [0.29, 0.717) is 11.2 Å². The summed E-state index contributed by atoms with van der Waals surface area (Å²) in [4.78, 5) is 16.5. The average molecular weight is 418 g/mol. The first-order valence-corrected chi connectivity index (χ1v) is 8.23. The van der Waals surface area contributed by atoms with Gasteiger partial charge in [-0.05, 0) is 6.92 Å². The van der Waals surface area contributed by atoms with Crippen molar-refractivity contribution in [2.45, 2.75) is 19.2 Å². The number of nitrogens with zero attached hydrogens (tertiary/aromatic N) is 5. The van der Waals surface area contributed by atoms with Gasteiger partial charge in [0.1, 0.15) is 11.0 Å². The fourth-order valence-electron chi connectivity index (χ4n) is 2.54. The Morgan fingerprint density at radius 3 is 2.68 bits per heavy atom. The second kappa shape index (κ2) is 7.28. The number of carbonyl (C=O) groups excluding carboxylic acids is 1. The van der Waals surface area contributed by atoms with Crippen LogP contribution in [0.5, 0.6) is 0 Å². The molecule has 0 aliphatic carbocycles. The lowest BCUT2D eigenvalue weighted by atomic mass is 10.1. The third kappa shape index (κ3) is 3.87. The lowest BCUT2D eigenvalue weighted by molar-refractivity contribution is -0.141. The molecule has 150 valence electrons. The molecule has 13 heteroatoms. The zero-order chi connectivity index (χ0) is 20.6. The van der Waals surface area contributed by atoms with E-state index in [4.69, 9.17) is 16.3 Å². The van der Waals surface area contributed by atoms with Crippen molar-refractivity contribution in [2.75, 3.05) is 17.7 Å². The van der Waals surface area contributed by atoms with E-state index in [1.165, 1.54) is 31.1 Å². The number of alkyl halides is 3. The first-order valence-electron chi connectivity index (χ1n) is 7.86. The quantitative estimate of drug-likeness (QED) is 0.677. The molecule has 0 bridgehead atoms. The molecule has 0 spiro atoms. The Morgan fingerprint density at radius 1 is 1.36 bits per heavy atom. The topological polar surface area (TPSA) is 98.4 Å². The number of anilines is 2. The van der Waals surface area contributed by atoms with Gasteiger partial charge in [0.15, 0.2) is 11.3 Å². The molecule has 0 saturated heterocycles. The zero-order valence-electron chi connectivity index (χ0n) is 14.9. The molecule has 2 N–H and O–H groups in total. The Kier molecular flexibility index (Phi) is 5.17. The number of hydrogen-bond donors (Lipinski definition) is 2. The molecule has 3 rings (SSSR count). The monoisotopic (exact) mass is 417 g/mol. The number of carbonyl (C=O) groups is 1. The van der Waals surface area contributed by atoms with E-state index in [-0.39, 0.29) is 16.7 Å². The van der Waals surface area contributed by atoms with Crippen LogP contribution in [0.4, 0.5) is 29.5 Å². The molecular formula is C15H15ClF3N7O2. The number of aromatic nitrogens is 5. The molecule has 3 aromatic rings. The van der Waals surface area contributed by atoms with Gasteiger partial charge in [0.25, 0.3) is 0 Å². The molecule has 0 fully saturated rings. The highest BCUT2D eigenvalue weighted by Crippen LogP contribution is 2.31. The number of aryl methyl sites for hydroxylation is 1. The van der Waals surface area contributed by atoms with Crippen molar-refractivity contribution in [3.63, 3.8) is 0 Å². The fourth-order valence-corrected chi connectivity index (χ4v) is 2.71. The van der Waals surface area contributed by atoms with Crippen LogP contribution in [-0.2, 0) is 18.0 Å². The summed E-state index contributed by atoms with van der Waals surface area (Å²) in [6.45, 7) is 1.73. The van der Waals surface area contributed by atoms with E-state index in [0.717, 1.165) is 10.7 Å². The highest BCUT2D eigenvalue weighted by Gasteiger charge is 2.34. The van der Waals surface area contributed by atoms with Gasteiger partial charge in [-0.2, -0.15) is 23.4 Å². The lowest BCUT2D eigenvalue weighted by Gasteiger charge is -2.16. The number of nitrogens with one attached hydrogen (secondary N) is 2. The Bertz CT molecular complexity index is 1030. The molecule has 1 unspecified atom stereocenters. The number of rotatable bonds is 4. The number of ether oxygens (including phenoxy) is 1. The van der Waals surface area contributed by atoms with Crippen molar-refractivity contribution in [1.29, 1.82) is 0 Å². The number of hydrogen-bond acceptors (Lipinski definition) is 5. The minimum Gasteiger partial charge on any atom is -0.377 e. The first kappa shape index (κ1) is 19.9. The number of amides is 2. The Labute approximate surface area is 161 Å². The van der Waals surface area contributed by atoms with Crippen molar-refractivity contribution >= 4 is 34.8 Å². The predicted molar refractivity (Wildman–Crippen MR) is 94.3 cm³/mol. The fraction of sp³-hybridized carbons (Fsp3) is 0.333. The van der Waals surface area contributed by atoms with Gasteiger partial charge in [0.05, 0.1) is 29.7 Å². The highest BCUT2D eigenvalue weighted by atomic mass is 35.5. The van der Waals surface area contributed by atoms with Crippen LogP contribution in [0, 0.1) is 0 Å². The van der Waals surface area contributed by atoms with Crippen LogP contribution in [0.25, 0.3) is 5.65 Å². The van der Waals surface area contributed by atoms with Crippen LogP contribution in [0.3, 0.4) is 0 Å². The molecule has 28 heavy (non-hydrogen) atoms. The molecule has 0 aliphatic heterocycles. The van der Waals surface area contributed by atoms with Crippen LogP contribution in [-0.4, -0.2) is 37.5 Å². The van der Waals surface area contributed by atoms with Gasteiger partial charge in [-0.1, -0.05) is 11.6 Å². The van der Waals surface area contributed by atoms with Crippen molar-refractivity contribution < 1.29 is 22.7 Å². The van der Waals surface area contributed by atoms with Gasteiger partial charge < -0.3 is 10.1 Å². The number of urea groups is 1. The van der Waals surface area contributed by atoms with Crippen LogP contribution >= 0.6 is 11.6 Å². The van der Waals surface area contributed by atoms with Gasteiger partial charge in [0.2, 0.25) is 0 Å². The van der Waals surface area contributed by atoms with Crippen molar-refractivity contribution in [3.8, 4) is 0 Å². The molecule has 0 aromatic carbocycles. The van der Waals surface area contributed by atoms with E-state index in [1.54, 1.807) is 6.92 Å². The second-order valence-corrected chi connectivity index (χ2v) is 6.18. The normalized spacial score (nSPS) is 13.0. The summed E-state index contributed by atoms with van der Waals surface area (Å²) in [5, 5.41) is 12.5. The standard InChI is InChI=1S/C15H15ClF3N7O2/c1-7(28-3)12-8(5-20-26-6-10(16)22-13(12)26)21-14(27)23-11-4-9(15(17,18)19)24-25(11)2/h4-7H,1-3H3,(H2,21,23,27). The summed E-state index contributed by atoms with van der Waals surface area (Å²) in [7, 11) is 2.76. The Balaban J connectivity index is 1.88. The number of fused-ring (bicyclic) bond motifs is 1. The van der Waals surface area contributed by atoms with Gasteiger partial charge in [-0.3, -0.25) is 10.00 Å². The third-order valence-corrected chi connectivity index (χ3v) is 4.10. The largest absolute Gasteiger partial charge is 0.435 e. The zero-order valence-corrected chi connectivity index (χ0v) is 15.6. The Morgan fingerprint density at radius 2 is 2.07 bits per heavy atom. The van der Waals surface area contributed by atoms with Crippen LogP contribution < -0.4 is 10.6 Å². The van der Waals surface area contributed by atoms with Crippen molar-refractivity contribution in [2.24, 2.45) is 7.05 Å². The van der Waals surface area contributed by atoms with E-state index in [9.17, 15) is 18.0 Å². The van der Waals surface area contributed by atoms with Gasteiger partial charge >= 0.3 is 12.2 Å². The van der Waals surface area contributed by atoms with Crippen LogP contribution in [0.15, 0.2) is 18.5 Å². The molecule has 2 amide bonds. The van der Waals surface area contributed by atoms with E-state index in [1.807, 2.05) is 0 Å². The molecule has 3 aromatic heterocycles. The minimum absolute atomic E-state index is 0.135. The first-order chi connectivity index (χ1) is 13.1. The number of halogens is 4. The SMILES string of the molecule is COC(C)c1c(NC(=O)Nc2cc(C(F)(F)F)nn2C)cnn2cc(Cl)nc12. The predicted octanol–water partition coefficient (Wildman–Crippen LogP) is 3.49. The summed E-state index contributed by atoms with van der Waals surface area (Å²) >= 11 is 5.91. The molecule has 0 radical (unpaired) electrons. The van der Waals surface area contributed by atoms with E-state index in [2.05, 4.69) is 25.8 Å². The van der Waals surface area contributed by atoms with Gasteiger partial charge in [-0.25, -0.2) is 14.3 Å². The molecule has 9 nitrogen and oxygen atoms in total. The van der Waals surface area contributed by atoms with Crippen LogP contribution in [0.1, 0.15) is 24.3 Å². The summed E-state index contributed by atoms with van der Waals surface area (Å²) in [5.41, 5.74) is 0.0199.